The smallest absolute Gasteiger partial charge is 0.257 e. The number of hydrogen-bond donors (Lipinski definition) is 1. The molecule has 1 N–H and O–H groups in total. The van der Waals surface area contributed by atoms with Gasteiger partial charge in [0.25, 0.3) is 5.91 Å². The van der Waals surface area contributed by atoms with Crippen molar-refractivity contribution >= 4 is 5.91 Å². The molecule has 6 nitrogen and oxygen atoms in total. The third-order valence-electron chi connectivity index (χ3n) is 6.14. The van der Waals surface area contributed by atoms with Gasteiger partial charge in [0.2, 0.25) is 0 Å². The maximum atomic E-state index is 13.0. The Bertz CT molecular complexity index is 1190. The Morgan fingerprint density at radius 1 is 0.968 bits per heavy atom. The summed E-state index contributed by atoms with van der Waals surface area (Å²) in [4.78, 5) is 15.0. The molecule has 156 valence electrons. The zero-order valence-corrected chi connectivity index (χ0v) is 17.5. The van der Waals surface area contributed by atoms with Crippen LogP contribution >= 0.6 is 0 Å². The second-order valence-corrected chi connectivity index (χ2v) is 8.09. The molecular formula is C25H25N5O. The number of hydrogen-bond acceptors (Lipinski definition) is 3. The first kappa shape index (κ1) is 19.3. The zero-order chi connectivity index (χ0) is 21.2. The van der Waals surface area contributed by atoms with Gasteiger partial charge in [0.1, 0.15) is 0 Å². The lowest BCUT2D eigenvalue weighted by atomic mass is 9.88. The molecule has 0 atom stereocenters. The van der Waals surface area contributed by atoms with Gasteiger partial charge in [-0.2, -0.15) is 10.2 Å². The quantitative estimate of drug-likeness (QED) is 0.534. The molecule has 6 heteroatoms. The molecule has 0 unspecified atom stereocenters. The van der Waals surface area contributed by atoms with Crippen molar-refractivity contribution in [1.29, 1.82) is 0 Å². The molecule has 2 aromatic heterocycles. The minimum absolute atomic E-state index is 0.0457. The van der Waals surface area contributed by atoms with E-state index in [0.29, 0.717) is 11.5 Å². The fraction of sp³-hybridized carbons (Fsp3) is 0.240. The molecule has 1 aliphatic rings. The van der Waals surface area contributed by atoms with E-state index < -0.39 is 0 Å². The van der Waals surface area contributed by atoms with Crippen LogP contribution in [0.15, 0.2) is 73.2 Å². The summed E-state index contributed by atoms with van der Waals surface area (Å²) in [5.41, 5.74) is 6.39. The van der Waals surface area contributed by atoms with Gasteiger partial charge >= 0.3 is 0 Å². The maximum Gasteiger partial charge on any atom is 0.257 e. The molecule has 0 saturated carbocycles. The van der Waals surface area contributed by atoms with Gasteiger partial charge < -0.3 is 4.90 Å². The molecule has 0 radical (unpaired) electrons. The van der Waals surface area contributed by atoms with Gasteiger partial charge in [0.05, 0.1) is 23.6 Å². The van der Waals surface area contributed by atoms with Gasteiger partial charge in [-0.3, -0.25) is 9.89 Å². The molecule has 5 rings (SSSR count). The van der Waals surface area contributed by atoms with E-state index in [0.717, 1.165) is 31.6 Å². The average Bonchev–Trinajstić information content (AvgIpc) is 3.50. The predicted molar refractivity (Wildman–Crippen MR) is 120 cm³/mol. The van der Waals surface area contributed by atoms with E-state index in [2.05, 4.69) is 46.5 Å². The Morgan fingerprint density at radius 3 is 2.48 bits per heavy atom. The summed E-state index contributed by atoms with van der Waals surface area (Å²) < 4.78 is 1.75. The van der Waals surface area contributed by atoms with Gasteiger partial charge in [0.15, 0.2) is 0 Å². The number of benzene rings is 2. The van der Waals surface area contributed by atoms with Crippen LogP contribution in [0.5, 0.6) is 0 Å². The van der Waals surface area contributed by atoms with Crippen LogP contribution in [0, 0.1) is 6.92 Å². The highest BCUT2D eigenvalue weighted by Crippen LogP contribution is 2.35. The second kappa shape index (κ2) is 8.22. The minimum Gasteiger partial charge on any atom is -0.339 e. The van der Waals surface area contributed by atoms with Crippen LogP contribution in [-0.4, -0.2) is 43.9 Å². The third-order valence-corrected chi connectivity index (χ3v) is 6.14. The van der Waals surface area contributed by atoms with Crippen molar-refractivity contribution in [2.45, 2.75) is 25.7 Å². The van der Waals surface area contributed by atoms with Crippen LogP contribution in [-0.2, 0) is 0 Å². The Morgan fingerprint density at radius 2 is 1.71 bits per heavy atom. The van der Waals surface area contributed by atoms with Crippen molar-refractivity contribution < 1.29 is 4.79 Å². The van der Waals surface area contributed by atoms with Crippen molar-refractivity contribution in [2.24, 2.45) is 0 Å². The van der Waals surface area contributed by atoms with Crippen molar-refractivity contribution in [3.63, 3.8) is 0 Å². The highest BCUT2D eigenvalue weighted by atomic mass is 16.2. The number of aryl methyl sites for hydroxylation is 1. The minimum atomic E-state index is 0.0457. The van der Waals surface area contributed by atoms with Crippen LogP contribution in [0.2, 0.25) is 0 Å². The van der Waals surface area contributed by atoms with Gasteiger partial charge in [-0.1, -0.05) is 42.5 Å². The molecular weight excluding hydrogens is 386 g/mol. The van der Waals surface area contributed by atoms with E-state index in [1.165, 1.54) is 22.4 Å². The number of para-hydroxylation sites is 1. The third kappa shape index (κ3) is 3.77. The number of nitrogens with zero attached hydrogens (tertiary/aromatic N) is 4. The topological polar surface area (TPSA) is 66.8 Å². The Hall–Kier alpha value is -3.67. The average molecular weight is 412 g/mol. The number of rotatable bonds is 4. The van der Waals surface area contributed by atoms with Crippen LogP contribution in [0.4, 0.5) is 0 Å². The summed E-state index contributed by atoms with van der Waals surface area (Å²) in [6, 6.07) is 18.2. The van der Waals surface area contributed by atoms with Gasteiger partial charge in [0, 0.05) is 36.5 Å². The largest absolute Gasteiger partial charge is 0.339 e. The maximum absolute atomic E-state index is 13.0. The number of carbonyl (C=O) groups is 1. The van der Waals surface area contributed by atoms with Crippen LogP contribution < -0.4 is 0 Å². The van der Waals surface area contributed by atoms with Crippen LogP contribution in [0.1, 0.15) is 40.4 Å². The molecule has 0 aliphatic carbocycles. The number of amides is 1. The normalized spacial score (nSPS) is 14.7. The van der Waals surface area contributed by atoms with Gasteiger partial charge in [-0.25, -0.2) is 4.68 Å². The van der Waals surface area contributed by atoms with E-state index in [-0.39, 0.29) is 5.91 Å². The molecule has 1 saturated heterocycles. The SMILES string of the molecule is Cc1ccccc1-c1cn[nH]c1C1CCN(C(=O)c2cnn(-c3ccccc3)c2)CC1. The van der Waals surface area contributed by atoms with Gasteiger partial charge in [-0.15, -0.1) is 0 Å². The summed E-state index contributed by atoms with van der Waals surface area (Å²) in [5, 5.41) is 11.9. The first-order valence-corrected chi connectivity index (χ1v) is 10.7. The van der Waals surface area contributed by atoms with E-state index in [9.17, 15) is 4.79 Å². The van der Waals surface area contributed by atoms with Crippen molar-refractivity contribution in [3.05, 3.63) is 90.0 Å². The standard InChI is InChI=1S/C25H25N5O/c1-18-7-5-6-10-22(18)23-16-26-28-24(23)19-11-13-29(14-12-19)25(31)20-15-27-30(17-20)21-8-3-2-4-9-21/h2-10,15-17,19H,11-14H2,1H3,(H,26,28). The molecule has 3 heterocycles. The molecule has 0 spiro atoms. The Labute approximate surface area is 181 Å². The summed E-state index contributed by atoms with van der Waals surface area (Å²) in [6.45, 7) is 3.58. The van der Waals surface area contributed by atoms with E-state index in [1.54, 1.807) is 10.9 Å². The van der Waals surface area contributed by atoms with Crippen molar-refractivity contribution in [2.75, 3.05) is 13.1 Å². The van der Waals surface area contributed by atoms with E-state index >= 15 is 0 Å². The molecule has 4 aromatic rings. The first-order valence-electron chi connectivity index (χ1n) is 10.7. The number of aromatic amines is 1. The fourth-order valence-corrected chi connectivity index (χ4v) is 4.41. The number of carbonyl (C=O) groups excluding carboxylic acids is 1. The molecule has 31 heavy (non-hydrogen) atoms. The number of aromatic nitrogens is 4. The number of nitrogens with one attached hydrogen (secondary N) is 1. The summed E-state index contributed by atoms with van der Waals surface area (Å²) >= 11 is 0. The lowest BCUT2D eigenvalue weighted by Crippen LogP contribution is -2.38. The monoisotopic (exact) mass is 411 g/mol. The number of H-pyrrole nitrogens is 1. The molecule has 1 amide bonds. The number of likely N-dealkylation sites (tertiary alicyclic amines) is 1. The fourth-order valence-electron chi connectivity index (χ4n) is 4.41. The van der Waals surface area contributed by atoms with Crippen molar-refractivity contribution in [1.82, 2.24) is 24.9 Å². The lowest BCUT2D eigenvalue weighted by molar-refractivity contribution is 0.0712. The molecule has 0 bridgehead atoms. The first-order chi connectivity index (χ1) is 15.2. The summed E-state index contributed by atoms with van der Waals surface area (Å²) in [5.74, 6) is 0.414. The van der Waals surface area contributed by atoms with Crippen LogP contribution in [0.25, 0.3) is 16.8 Å². The van der Waals surface area contributed by atoms with E-state index in [1.807, 2.05) is 47.6 Å². The van der Waals surface area contributed by atoms with Crippen molar-refractivity contribution in [3.8, 4) is 16.8 Å². The molecule has 1 fully saturated rings. The number of piperidine rings is 1. The Kier molecular flexibility index (Phi) is 5.12. The summed E-state index contributed by atoms with van der Waals surface area (Å²) in [7, 11) is 0. The predicted octanol–water partition coefficient (Wildman–Crippen LogP) is 4.59. The highest BCUT2D eigenvalue weighted by molar-refractivity contribution is 5.94. The van der Waals surface area contributed by atoms with E-state index in [4.69, 9.17) is 0 Å². The molecule has 2 aromatic carbocycles. The van der Waals surface area contributed by atoms with Gasteiger partial charge in [-0.05, 0) is 43.0 Å². The zero-order valence-electron chi connectivity index (χ0n) is 17.5. The molecule has 1 aliphatic heterocycles. The summed E-state index contributed by atoms with van der Waals surface area (Å²) in [6.07, 6.45) is 7.23. The highest BCUT2D eigenvalue weighted by Gasteiger charge is 2.28. The van der Waals surface area contributed by atoms with Crippen LogP contribution in [0.3, 0.4) is 0 Å². The Balaban J connectivity index is 1.28. The lowest BCUT2D eigenvalue weighted by Gasteiger charge is -2.31. The second-order valence-electron chi connectivity index (χ2n) is 8.09.